The highest BCUT2D eigenvalue weighted by Gasteiger charge is 2.29. The fourth-order valence-corrected chi connectivity index (χ4v) is 4.21. The van der Waals surface area contributed by atoms with Gasteiger partial charge in [0, 0.05) is 3.57 Å². The van der Waals surface area contributed by atoms with Crippen molar-refractivity contribution in [3.8, 4) is 11.5 Å². The van der Waals surface area contributed by atoms with E-state index in [-0.39, 0.29) is 16.9 Å². The Bertz CT molecular complexity index is 786. The molecule has 0 bridgehead atoms. The number of esters is 2. The quantitative estimate of drug-likeness (QED) is 0.192. The van der Waals surface area contributed by atoms with Gasteiger partial charge in [0.25, 0.3) is 0 Å². The van der Waals surface area contributed by atoms with Gasteiger partial charge in [0.15, 0.2) is 11.5 Å². The predicted molar refractivity (Wildman–Crippen MR) is 101 cm³/mol. The molecule has 0 fully saturated rings. The summed E-state index contributed by atoms with van der Waals surface area (Å²) in [6, 6.07) is 8.33. The summed E-state index contributed by atoms with van der Waals surface area (Å²) in [4.78, 5) is 24.6. The fraction of sp³-hybridized carbons (Fsp3) is 0. The first kappa shape index (κ1) is 15.5. The highest BCUT2D eigenvalue weighted by molar-refractivity contribution is 14.1. The molecule has 4 nitrogen and oxygen atoms in total. The van der Waals surface area contributed by atoms with Gasteiger partial charge in [-0.25, -0.2) is 9.59 Å². The lowest BCUT2D eigenvalue weighted by Gasteiger charge is -2.18. The van der Waals surface area contributed by atoms with Crippen molar-refractivity contribution in [1.29, 1.82) is 0 Å². The SMILES string of the molecule is O=C1Oc2c(I)cc(I)c(I)c2OC(=O)c2ccccc21. The first-order valence-electron chi connectivity index (χ1n) is 5.70. The third-order valence-electron chi connectivity index (χ3n) is 2.84. The molecule has 0 unspecified atom stereocenters. The number of hydrogen-bond acceptors (Lipinski definition) is 4. The minimum Gasteiger partial charge on any atom is -0.418 e. The van der Waals surface area contributed by atoms with Crippen molar-refractivity contribution in [2.24, 2.45) is 0 Å². The van der Waals surface area contributed by atoms with E-state index < -0.39 is 11.9 Å². The van der Waals surface area contributed by atoms with Crippen molar-refractivity contribution < 1.29 is 19.1 Å². The second kappa shape index (κ2) is 5.99. The van der Waals surface area contributed by atoms with Crippen LogP contribution in [0.2, 0.25) is 0 Å². The number of ether oxygens (including phenoxy) is 2. The summed E-state index contributed by atoms with van der Waals surface area (Å²) in [5, 5.41) is 0. The molecule has 0 saturated carbocycles. The molecule has 0 saturated heterocycles. The van der Waals surface area contributed by atoms with E-state index in [0.717, 1.165) is 7.14 Å². The molecule has 2 aromatic rings. The third kappa shape index (κ3) is 2.79. The van der Waals surface area contributed by atoms with Crippen molar-refractivity contribution in [3.63, 3.8) is 0 Å². The van der Waals surface area contributed by atoms with Crippen LogP contribution in [0.4, 0.5) is 0 Å². The second-order valence-electron chi connectivity index (χ2n) is 4.14. The maximum Gasteiger partial charge on any atom is 0.344 e. The zero-order valence-electron chi connectivity index (χ0n) is 10.2. The normalized spacial score (nSPS) is 13.5. The summed E-state index contributed by atoms with van der Waals surface area (Å²) < 4.78 is 13.3. The fourth-order valence-electron chi connectivity index (χ4n) is 1.88. The molecular weight excluding hydrogens is 613 g/mol. The van der Waals surface area contributed by atoms with E-state index in [0.29, 0.717) is 9.32 Å². The first-order chi connectivity index (χ1) is 9.99. The Morgan fingerprint density at radius 1 is 0.762 bits per heavy atom. The standard InChI is InChI=1S/C14H5I3O4/c15-8-5-9(16)11-12(10(8)17)21-14(19)7-4-2-1-3-6(7)13(18)20-11/h1-5H. The van der Waals surface area contributed by atoms with Gasteiger partial charge in [0.05, 0.1) is 18.3 Å². The van der Waals surface area contributed by atoms with E-state index in [2.05, 4.69) is 67.8 Å². The number of fused-ring (bicyclic) bond motifs is 2. The molecule has 106 valence electrons. The first-order valence-corrected chi connectivity index (χ1v) is 8.93. The average Bonchev–Trinajstić information content (AvgIpc) is 2.46. The average molecular weight is 618 g/mol. The summed E-state index contributed by atoms with van der Waals surface area (Å²) in [5.41, 5.74) is 0.412. The van der Waals surface area contributed by atoms with Crippen molar-refractivity contribution in [1.82, 2.24) is 0 Å². The van der Waals surface area contributed by atoms with Crippen molar-refractivity contribution in [2.45, 2.75) is 0 Å². The van der Waals surface area contributed by atoms with Gasteiger partial charge in [-0.1, -0.05) is 12.1 Å². The maximum absolute atomic E-state index is 12.3. The lowest BCUT2D eigenvalue weighted by molar-refractivity contribution is 0.0645. The zero-order chi connectivity index (χ0) is 15.1. The van der Waals surface area contributed by atoms with Crippen LogP contribution >= 0.6 is 67.8 Å². The summed E-state index contributed by atoms with van der Waals surface area (Å²) in [6.45, 7) is 0. The highest BCUT2D eigenvalue weighted by atomic mass is 127. The zero-order valence-corrected chi connectivity index (χ0v) is 16.6. The van der Waals surface area contributed by atoms with E-state index in [4.69, 9.17) is 9.47 Å². The van der Waals surface area contributed by atoms with Crippen LogP contribution in [-0.4, -0.2) is 11.9 Å². The minimum atomic E-state index is -0.557. The van der Waals surface area contributed by atoms with Gasteiger partial charge in [0.1, 0.15) is 0 Å². The number of hydrogen-bond donors (Lipinski definition) is 0. The molecule has 0 N–H and O–H groups in total. The van der Waals surface area contributed by atoms with Crippen LogP contribution in [-0.2, 0) is 0 Å². The van der Waals surface area contributed by atoms with Crippen LogP contribution in [0.1, 0.15) is 20.7 Å². The monoisotopic (exact) mass is 618 g/mol. The molecule has 2 aromatic carbocycles. The molecule has 3 rings (SSSR count). The number of benzene rings is 2. The molecule has 0 amide bonds. The Kier molecular flexibility index (Phi) is 4.41. The molecule has 1 aliphatic heterocycles. The third-order valence-corrected chi connectivity index (χ3v) is 6.60. The van der Waals surface area contributed by atoms with Gasteiger partial charge in [-0.3, -0.25) is 0 Å². The van der Waals surface area contributed by atoms with E-state index in [1.165, 1.54) is 0 Å². The topological polar surface area (TPSA) is 52.6 Å². The van der Waals surface area contributed by atoms with Gasteiger partial charge in [0.2, 0.25) is 0 Å². The second-order valence-corrected chi connectivity index (χ2v) is 7.54. The van der Waals surface area contributed by atoms with E-state index in [9.17, 15) is 9.59 Å². The molecule has 0 aromatic heterocycles. The maximum atomic E-state index is 12.3. The van der Waals surface area contributed by atoms with Crippen LogP contribution in [0.15, 0.2) is 30.3 Å². The highest BCUT2D eigenvalue weighted by Crippen LogP contribution is 2.41. The Hall–Kier alpha value is -0.430. The summed E-state index contributed by atoms with van der Waals surface area (Å²) in [5.74, 6) is -0.536. The van der Waals surface area contributed by atoms with Gasteiger partial charge in [-0.15, -0.1) is 0 Å². The van der Waals surface area contributed by atoms with E-state index in [1.54, 1.807) is 24.3 Å². The van der Waals surface area contributed by atoms with E-state index in [1.807, 2.05) is 6.07 Å². The molecule has 1 aliphatic rings. The van der Waals surface area contributed by atoms with Crippen molar-refractivity contribution in [3.05, 3.63) is 52.2 Å². The van der Waals surface area contributed by atoms with Gasteiger partial charge in [-0.2, -0.15) is 0 Å². The van der Waals surface area contributed by atoms with Gasteiger partial charge in [-0.05, 0) is 86.0 Å². The molecule has 0 spiro atoms. The van der Waals surface area contributed by atoms with Gasteiger partial charge < -0.3 is 9.47 Å². The van der Waals surface area contributed by atoms with Gasteiger partial charge >= 0.3 is 11.9 Å². The van der Waals surface area contributed by atoms with Crippen molar-refractivity contribution in [2.75, 3.05) is 0 Å². The Balaban J connectivity index is 2.24. The van der Waals surface area contributed by atoms with Crippen molar-refractivity contribution >= 4 is 79.7 Å². The lowest BCUT2D eigenvalue weighted by Crippen LogP contribution is -2.22. The Morgan fingerprint density at radius 2 is 1.29 bits per heavy atom. The van der Waals surface area contributed by atoms with Crippen LogP contribution in [0.3, 0.4) is 0 Å². The van der Waals surface area contributed by atoms with Crippen LogP contribution < -0.4 is 9.47 Å². The summed E-state index contributed by atoms with van der Waals surface area (Å²) >= 11 is 6.27. The smallest absolute Gasteiger partial charge is 0.344 e. The molecule has 0 radical (unpaired) electrons. The largest absolute Gasteiger partial charge is 0.418 e. The summed E-state index contributed by atoms with van der Waals surface area (Å²) in [7, 11) is 0. The number of carbonyl (C=O) groups excluding carboxylic acids is 2. The van der Waals surface area contributed by atoms with Crippen LogP contribution in [0, 0.1) is 10.7 Å². The molecule has 21 heavy (non-hydrogen) atoms. The molecule has 0 atom stereocenters. The summed E-state index contributed by atoms with van der Waals surface area (Å²) in [6.07, 6.45) is 0. The Labute approximate surface area is 161 Å². The predicted octanol–water partition coefficient (Wildman–Crippen LogP) is 4.25. The van der Waals surface area contributed by atoms with Crippen LogP contribution in [0.5, 0.6) is 11.5 Å². The molecule has 1 heterocycles. The molecule has 0 aliphatic carbocycles. The molecule has 7 heteroatoms. The number of rotatable bonds is 0. The minimum absolute atomic E-state index is 0.206. The number of carbonyl (C=O) groups is 2. The Morgan fingerprint density at radius 3 is 1.86 bits per heavy atom. The van der Waals surface area contributed by atoms with Crippen LogP contribution in [0.25, 0.3) is 0 Å². The van der Waals surface area contributed by atoms with E-state index >= 15 is 0 Å². The number of halogens is 3. The lowest BCUT2D eigenvalue weighted by atomic mass is 10.1. The molecular formula is C14H5I3O4.